The van der Waals surface area contributed by atoms with E-state index in [1.54, 1.807) is 24.3 Å². The molecule has 0 aliphatic heterocycles. The maximum atomic E-state index is 11.9. The highest BCUT2D eigenvalue weighted by Gasteiger charge is 2.23. The van der Waals surface area contributed by atoms with E-state index < -0.39 is 5.91 Å². The van der Waals surface area contributed by atoms with E-state index in [2.05, 4.69) is 10.6 Å². The molecule has 0 bridgehead atoms. The second kappa shape index (κ2) is 9.05. The Morgan fingerprint density at radius 3 is 2.62 bits per heavy atom. The lowest BCUT2D eigenvalue weighted by molar-refractivity contribution is -0.152. The molecule has 1 aromatic carbocycles. The lowest BCUT2D eigenvalue weighted by Crippen LogP contribution is -2.26. The largest absolute Gasteiger partial charge is 0.455 e. The molecule has 0 unspecified atom stereocenters. The number of carbonyl (C=O) groups excluding carboxylic acids is 3. The first-order chi connectivity index (χ1) is 11.6. The van der Waals surface area contributed by atoms with Crippen molar-refractivity contribution in [2.45, 2.75) is 39.0 Å². The Hall–Kier alpha value is -2.37. The van der Waals surface area contributed by atoms with Gasteiger partial charge in [0.2, 0.25) is 0 Å². The van der Waals surface area contributed by atoms with Crippen molar-refractivity contribution < 1.29 is 19.1 Å². The fourth-order valence-corrected chi connectivity index (χ4v) is 2.79. The lowest BCUT2D eigenvalue weighted by atomic mass is 9.89. The maximum absolute atomic E-state index is 11.9. The van der Waals surface area contributed by atoms with Crippen LogP contribution in [0.15, 0.2) is 24.3 Å². The average molecular weight is 332 g/mol. The number of benzene rings is 1. The zero-order valence-corrected chi connectivity index (χ0v) is 14.0. The van der Waals surface area contributed by atoms with Crippen LogP contribution in [-0.4, -0.2) is 30.9 Å². The lowest BCUT2D eigenvalue weighted by Gasteiger charge is -2.19. The van der Waals surface area contributed by atoms with Gasteiger partial charge in [0.25, 0.3) is 11.8 Å². The molecule has 2 rings (SSSR count). The van der Waals surface area contributed by atoms with Crippen molar-refractivity contribution in [2.24, 2.45) is 5.92 Å². The predicted molar refractivity (Wildman–Crippen MR) is 90.6 cm³/mol. The first kappa shape index (κ1) is 18.0. The van der Waals surface area contributed by atoms with Crippen molar-refractivity contribution in [3.8, 4) is 0 Å². The van der Waals surface area contributed by atoms with Crippen molar-refractivity contribution in [1.29, 1.82) is 0 Å². The summed E-state index contributed by atoms with van der Waals surface area (Å²) in [5, 5.41) is 5.34. The fraction of sp³-hybridized carbons (Fsp3) is 0.500. The molecule has 1 aliphatic carbocycles. The van der Waals surface area contributed by atoms with Gasteiger partial charge in [0.15, 0.2) is 6.61 Å². The van der Waals surface area contributed by atoms with Crippen molar-refractivity contribution >= 4 is 23.5 Å². The molecule has 130 valence electrons. The Morgan fingerprint density at radius 2 is 1.92 bits per heavy atom. The van der Waals surface area contributed by atoms with Gasteiger partial charge in [-0.25, -0.2) is 0 Å². The standard InChI is InChI=1S/C18H24N2O4/c1-2-19-17(22)14-9-6-10-15(11-14)20-16(21)12-24-18(23)13-7-4-3-5-8-13/h6,9-11,13H,2-5,7-8,12H2,1H3,(H,19,22)(H,20,21). The molecule has 1 fully saturated rings. The maximum Gasteiger partial charge on any atom is 0.309 e. The smallest absolute Gasteiger partial charge is 0.309 e. The molecule has 2 N–H and O–H groups in total. The first-order valence-electron chi connectivity index (χ1n) is 8.45. The van der Waals surface area contributed by atoms with E-state index in [0.29, 0.717) is 17.8 Å². The number of ether oxygens (including phenoxy) is 1. The molecule has 1 aliphatic rings. The Morgan fingerprint density at radius 1 is 1.17 bits per heavy atom. The van der Waals surface area contributed by atoms with Gasteiger partial charge in [-0.2, -0.15) is 0 Å². The van der Waals surface area contributed by atoms with Gasteiger partial charge >= 0.3 is 5.97 Å². The quantitative estimate of drug-likeness (QED) is 0.784. The molecule has 0 saturated heterocycles. The van der Waals surface area contributed by atoms with Gasteiger partial charge in [0.1, 0.15) is 0 Å². The number of anilines is 1. The van der Waals surface area contributed by atoms with Crippen molar-refractivity contribution in [2.75, 3.05) is 18.5 Å². The number of rotatable bonds is 6. The molecule has 6 heteroatoms. The van der Waals surface area contributed by atoms with E-state index >= 15 is 0 Å². The van der Waals surface area contributed by atoms with Crippen LogP contribution in [0.5, 0.6) is 0 Å². The monoisotopic (exact) mass is 332 g/mol. The Kier molecular flexibility index (Phi) is 6.78. The van der Waals surface area contributed by atoms with Crippen LogP contribution in [-0.2, 0) is 14.3 Å². The van der Waals surface area contributed by atoms with E-state index in [1.165, 1.54) is 0 Å². The Balaban J connectivity index is 1.82. The van der Waals surface area contributed by atoms with Gasteiger partial charge in [-0.3, -0.25) is 14.4 Å². The second-order valence-corrected chi connectivity index (χ2v) is 5.93. The summed E-state index contributed by atoms with van der Waals surface area (Å²) in [5.41, 5.74) is 0.964. The number of amides is 2. The molecule has 6 nitrogen and oxygen atoms in total. The molecular formula is C18H24N2O4. The summed E-state index contributed by atoms with van der Waals surface area (Å²) in [4.78, 5) is 35.6. The third kappa shape index (κ3) is 5.37. The zero-order chi connectivity index (χ0) is 17.4. The number of carbonyl (C=O) groups is 3. The molecule has 0 spiro atoms. The van der Waals surface area contributed by atoms with Crippen molar-refractivity contribution in [1.82, 2.24) is 5.32 Å². The van der Waals surface area contributed by atoms with Crippen LogP contribution in [0.4, 0.5) is 5.69 Å². The first-order valence-corrected chi connectivity index (χ1v) is 8.45. The van der Waals surface area contributed by atoms with Crippen molar-refractivity contribution in [3.63, 3.8) is 0 Å². The minimum atomic E-state index is -0.410. The Bertz CT molecular complexity index is 594. The summed E-state index contributed by atoms with van der Waals surface area (Å²) in [6, 6.07) is 6.63. The van der Waals surface area contributed by atoms with Crippen LogP contribution < -0.4 is 10.6 Å². The van der Waals surface area contributed by atoms with E-state index in [9.17, 15) is 14.4 Å². The van der Waals surface area contributed by atoms with E-state index in [0.717, 1.165) is 32.1 Å². The number of esters is 1. The number of hydrogen-bond acceptors (Lipinski definition) is 4. The average Bonchev–Trinajstić information content (AvgIpc) is 2.61. The predicted octanol–water partition coefficient (Wildman–Crippen LogP) is 2.50. The zero-order valence-electron chi connectivity index (χ0n) is 14.0. The molecule has 1 saturated carbocycles. The SMILES string of the molecule is CCNC(=O)c1cccc(NC(=O)COC(=O)C2CCCCC2)c1. The van der Waals surface area contributed by atoms with E-state index in [-0.39, 0.29) is 24.4 Å². The molecule has 2 amide bonds. The van der Waals surface area contributed by atoms with Gasteiger partial charge in [0.05, 0.1) is 5.92 Å². The fourth-order valence-electron chi connectivity index (χ4n) is 2.79. The van der Waals surface area contributed by atoms with Crippen LogP contribution in [0, 0.1) is 5.92 Å². The molecular weight excluding hydrogens is 308 g/mol. The van der Waals surface area contributed by atoms with Crippen LogP contribution in [0.2, 0.25) is 0 Å². The molecule has 0 radical (unpaired) electrons. The highest BCUT2D eigenvalue weighted by atomic mass is 16.5. The van der Waals surface area contributed by atoms with Crippen LogP contribution in [0.25, 0.3) is 0 Å². The van der Waals surface area contributed by atoms with Gasteiger partial charge in [-0.15, -0.1) is 0 Å². The van der Waals surface area contributed by atoms with Crippen LogP contribution >= 0.6 is 0 Å². The molecule has 24 heavy (non-hydrogen) atoms. The van der Waals surface area contributed by atoms with Crippen LogP contribution in [0.1, 0.15) is 49.4 Å². The van der Waals surface area contributed by atoms with Gasteiger partial charge < -0.3 is 15.4 Å². The molecule has 0 heterocycles. The Labute approximate surface area is 142 Å². The summed E-state index contributed by atoms with van der Waals surface area (Å²) in [7, 11) is 0. The molecule has 0 aromatic heterocycles. The van der Waals surface area contributed by atoms with Crippen molar-refractivity contribution in [3.05, 3.63) is 29.8 Å². The highest BCUT2D eigenvalue weighted by molar-refractivity contribution is 5.97. The van der Waals surface area contributed by atoms with E-state index in [4.69, 9.17) is 4.74 Å². The number of nitrogens with one attached hydrogen (secondary N) is 2. The van der Waals surface area contributed by atoms with Crippen LogP contribution in [0.3, 0.4) is 0 Å². The molecule has 1 aromatic rings. The highest BCUT2D eigenvalue weighted by Crippen LogP contribution is 2.24. The summed E-state index contributed by atoms with van der Waals surface area (Å²) in [5.74, 6) is -0.974. The topological polar surface area (TPSA) is 84.5 Å². The van der Waals surface area contributed by atoms with Gasteiger partial charge in [-0.05, 0) is 38.0 Å². The molecule has 0 atom stereocenters. The number of hydrogen-bond donors (Lipinski definition) is 2. The summed E-state index contributed by atoms with van der Waals surface area (Å²) >= 11 is 0. The van der Waals surface area contributed by atoms with Gasteiger partial charge in [-0.1, -0.05) is 25.3 Å². The third-order valence-electron chi connectivity index (χ3n) is 4.03. The normalized spacial score (nSPS) is 14.7. The summed E-state index contributed by atoms with van der Waals surface area (Å²) in [6.45, 7) is 2.07. The summed E-state index contributed by atoms with van der Waals surface area (Å²) in [6.07, 6.45) is 4.92. The minimum Gasteiger partial charge on any atom is -0.455 e. The van der Waals surface area contributed by atoms with Gasteiger partial charge in [0, 0.05) is 17.8 Å². The third-order valence-corrected chi connectivity index (χ3v) is 4.03. The minimum absolute atomic E-state index is 0.0763. The second-order valence-electron chi connectivity index (χ2n) is 5.93. The van der Waals surface area contributed by atoms with E-state index in [1.807, 2.05) is 6.92 Å². The summed E-state index contributed by atoms with van der Waals surface area (Å²) < 4.78 is 5.10.